The van der Waals surface area contributed by atoms with Crippen LogP contribution >= 0.6 is 0 Å². The van der Waals surface area contributed by atoms with Gasteiger partial charge in [0.25, 0.3) is 5.91 Å². The Bertz CT molecular complexity index is 425. The minimum Gasteiger partial charge on any atom is -0.349 e. The Morgan fingerprint density at radius 1 is 1.33 bits per heavy atom. The molecule has 1 rings (SSSR count). The Balaban J connectivity index is 2.71. The lowest BCUT2D eigenvalue weighted by Gasteiger charge is -2.21. The molecule has 96 valence electrons. The van der Waals surface area contributed by atoms with Gasteiger partial charge in [-0.3, -0.25) is 4.79 Å². The molecule has 1 aromatic carbocycles. The highest BCUT2D eigenvalue weighted by Crippen LogP contribution is 2.10. The number of amides is 1. The maximum atomic E-state index is 12.1. The Hall–Kier alpha value is -1.75. The Morgan fingerprint density at radius 2 is 1.94 bits per heavy atom. The van der Waals surface area contributed by atoms with E-state index < -0.39 is 0 Å². The highest BCUT2D eigenvalue weighted by atomic mass is 16.1. The normalized spacial score (nSPS) is 11.9. The summed E-state index contributed by atoms with van der Waals surface area (Å²) in [5, 5.41) is 3.08. The highest BCUT2D eigenvalue weighted by Gasteiger charge is 2.15. The van der Waals surface area contributed by atoms with Crippen LogP contribution in [-0.4, -0.2) is 11.9 Å². The van der Waals surface area contributed by atoms with E-state index in [4.69, 9.17) is 6.42 Å². The van der Waals surface area contributed by atoms with Crippen LogP contribution in [0.3, 0.4) is 0 Å². The van der Waals surface area contributed by atoms with Crippen LogP contribution in [0.5, 0.6) is 0 Å². The van der Waals surface area contributed by atoms with Crippen LogP contribution in [0.2, 0.25) is 0 Å². The molecule has 0 aliphatic carbocycles. The quantitative estimate of drug-likeness (QED) is 0.790. The van der Waals surface area contributed by atoms with Crippen molar-refractivity contribution in [3.8, 4) is 12.3 Å². The third-order valence-corrected chi connectivity index (χ3v) is 3.03. The van der Waals surface area contributed by atoms with Gasteiger partial charge < -0.3 is 5.32 Å². The van der Waals surface area contributed by atoms with Gasteiger partial charge in [0.05, 0.1) is 0 Å². The Morgan fingerprint density at radius 3 is 2.39 bits per heavy atom. The Labute approximate surface area is 110 Å². The van der Waals surface area contributed by atoms with E-state index in [1.54, 1.807) is 24.3 Å². The molecule has 1 aromatic rings. The number of rotatable bonds is 5. The van der Waals surface area contributed by atoms with Crippen LogP contribution in [0, 0.1) is 18.3 Å². The molecule has 0 aliphatic heterocycles. The maximum absolute atomic E-state index is 12.1. The van der Waals surface area contributed by atoms with Crippen LogP contribution in [-0.2, 0) is 0 Å². The lowest BCUT2D eigenvalue weighted by Crippen LogP contribution is -2.38. The first kappa shape index (κ1) is 14.3. The topological polar surface area (TPSA) is 29.1 Å². The average molecular weight is 243 g/mol. The molecule has 0 aliphatic rings. The molecule has 18 heavy (non-hydrogen) atoms. The van der Waals surface area contributed by atoms with Gasteiger partial charge in [0.2, 0.25) is 0 Å². The molecule has 0 aromatic heterocycles. The molecule has 0 saturated heterocycles. The first-order chi connectivity index (χ1) is 8.58. The summed E-state index contributed by atoms with van der Waals surface area (Å²) in [6.07, 6.45) is 7.36. The second kappa shape index (κ2) is 6.86. The molecule has 0 heterocycles. The van der Waals surface area contributed by atoms with E-state index >= 15 is 0 Å². The van der Waals surface area contributed by atoms with E-state index in [1.807, 2.05) is 0 Å². The summed E-state index contributed by atoms with van der Waals surface area (Å²) >= 11 is 0. The zero-order valence-corrected chi connectivity index (χ0v) is 11.4. The van der Waals surface area contributed by atoms with E-state index in [0.717, 1.165) is 18.4 Å². The minimum atomic E-state index is -0.0225. The zero-order chi connectivity index (χ0) is 13.5. The van der Waals surface area contributed by atoms with Crippen LogP contribution in [0.15, 0.2) is 24.3 Å². The number of hydrogen-bond donors (Lipinski definition) is 1. The van der Waals surface area contributed by atoms with Crippen LogP contribution in [0.4, 0.5) is 0 Å². The lowest BCUT2D eigenvalue weighted by molar-refractivity contribution is 0.0923. The number of nitrogens with one attached hydrogen (secondary N) is 1. The Kier molecular flexibility index (Phi) is 5.45. The van der Waals surface area contributed by atoms with E-state index in [2.05, 4.69) is 32.0 Å². The summed E-state index contributed by atoms with van der Waals surface area (Å²) in [4.78, 5) is 12.1. The third kappa shape index (κ3) is 3.92. The van der Waals surface area contributed by atoms with Gasteiger partial charge in [-0.15, -0.1) is 6.42 Å². The number of carbonyl (C=O) groups is 1. The fourth-order valence-electron chi connectivity index (χ4n) is 1.85. The van der Waals surface area contributed by atoms with E-state index in [9.17, 15) is 4.79 Å². The number of terminal acetylenes is 1. The number of benzene rings is 1. The molecule has 0 bridgehead atoms. The first-order valence-corrected chi connectivity index (χ1v) is 6.46. The molecule has 0 spiro atoms. The number of carbonyl (C=O) groups excluding carboxylic acids is 1. The molecule has 0 saturated carbocycles. The zero-order valence-electron chi connectivity index (χ0n) is 11.4. The standard InChI is InChI=1S/C16H21NO/c1-5-7-15(12(3)4)17-16(18)14-10-8-13(6-2)9-11-14/h2,8-12,15H,5,7H2,1,3-4H3,(H,17,18)/t15-/m1/s1. The van der Waals surface area contributed by atoms with Crippen molar-refractivity contribution >= 4 is 5.91 Å². The predicted octanol–water partition coefficient (Wildman–Crippen LogP) is 3.22. The van der Waals surface area contributed by atoms with Crippen LogP contribution < -0.4 is 5.32 Å². The fraction of sp³-hybridized carbons (Fsp3) is 0.438. The molecule has 0 fully saturated rings. The summed E-state index contributed by atoms with van der Waals surface area (Å²) in [6.45, 7) is 6.38. The molecule has 2 heteroatoms. The van der Waals surface area contributed by atoms with Crippen molar-refractivity contribution < 1.29 is 4.79 Å². The molecule has 1 amide bonds. The van der Waals surface area contributed by atoms with Crippen molar-refractivity contribution in [3.63, 3.8) is 0 Å². The number of hydrogen-bond acceptors (Lipinski definition) is 1. The van der Waals surface area contributed by atoms with Crippen molar-refractivity contribution in [2.24, 2.45) is 5.92 Å². The summed E-state index contributed by atoms with van der Waals surface area (Å²) in [7, 11) is 0. The first-order valence-electron chi connectivity index (χ1n) is 6.46. The van der Waals surface area contributed by atoms with Crippen molar-refractivity contribution in [1.29, 1.82) is 0 Å². The molecule has 2 nitrogen and oxygen atoms in total. The summed E-state index contributed by atoms with van der Waals surface area (Å²) in [5.74, 6) is 2.96. The molecule has 0 unspecified atom stereocenters. The summed E-state index contributed by atoms with van der Waals surface area (Å²) < 4.78 is 0. The van der Waals surface area contributed by atoms with Gasteiger partial charge >= 0.3 is 0 Å². The van der Waals surface area contributed by atoms with Crippen LogP contribution in [0.25, 0.3) is 0 Å². The van der Waals surface area contributed by atoms with Crippen molar-refractivity contribution in [2.45, 2.75) is 39.7 Å². The van der Waals surface area contributed by atoms with Crippen molar-refractivity contribution in [2.75, 3.05) is 0 Å². The summed E-state index contributed by atoms with van der Waals surface area (Å²) in [5.41, 5.74) is 1.45. The van der Waals surface area contributed by atoms with E-state index in [0.29, 0.717) is 11.5 Å². The monoisotopic (exact) mass is 243 g/mol. The predicted molar refractivity (Wildman–Crippen MR) is 75.4 cm³/mol. The molecular weight excluding hydrogens is 222 g/mol. The van der Waals surface area contributed by atoms with E-state index in [-0.39, 0.29) is 11.9 Å². The largest absolute Gasteiger partial charge is 0.349 e. The average Bonchev–Trinajstić information content (AvgIpc) is 2.38. The van der Waals surface area contributed by atoms with Gasteiger partial charge in [0.15, 0.2) is 0 Å². The third-order valence-electron chi connectivity index (χ3n) is 3.03. The molecular formula is C16H21NO. The summed E-state index contributed by atoms with van der Waals surface area (Å²) in [6, 6.07) is 7.36. The van der Waals surface area contributed by atoms with Gasteiger partial charge in [0, 0.05) is 17.2 Å². The van der Waals surface area contributed by atoms with Crippen molar-refractivity contribution in [3.05, 3.63) is 35.4 Å². The SMILES string of the molecule is C#Cc1ccc(C(=O)N[C@H](CCC)C(C)C)cc1. The fourth-order valence-corrected chi connectivity index (χ4v) is 1.85. The molecule has 1 atom stereocenters. The van der Waals surface area contributed by atoms with Gasteiger partial charge in [-0.05, 0) is 36.6 Å². The second-order valence-corrected chi connectivity index (χ2v) is 4.83. The highest BCUT2D eigenvalue weighted by molar-refractivity contribution is 5.94. The second-order valence-electron chi connectivity index (χ2n) is 4.83. The van der Waals surface area contributed by atoms with Gasteiger partial charge in [-0.25, -0.2) is 0 Å². The maximum Gasteiger partial charge on any atom is 0.251 e. The minimum absolute atomic E-state index is 0.0225. The van der Waals surface area contributed by atoms with Crippen molar-refractivity contribution in [1.82, 2.24) is 5.32 Å². The lowest BCUT2D eigenvalue weighted by atomic mass is 9.99. The molecule has 0 radical (unpaired) electrons. The van der Waals surface area contributed by atoms with E-state index in [1.165, 1.54) is 0 Å². The molecule has 1 N–H and O–H groups in total. The van der Waals surface area contributed by atoms with Gasteiger partial charge in [-0.1, -0.05) is 33.1 Å². The van der Waals surface area contributed by atoms with Gasteiger partial charge in [0.1, 0.15) is 0 Å². The smallest absolute Gasteiger partial charge is 0.251 e. The van der Waals surface area contributed by atoms with Gasteiger partial charge in [-0.2, -0.15) is 0 Å². The van der Waals surface area contributed by atoms with Crippen LogP contribution in [0.1, 0.15) is 49.5 Å².